The van der Waals surface area contributed by atoms with Crippen LogP contribution in [0.5, 0.6) is 0 Å². The van der Waals surface area contributed by atoms with Crippen molar-refractivity contribution in [2.45, 2.75) is 19.0 Å². The van der Waals surface area contributed by atoms with E-state index >= 15 is 0 Å². The number of rotatable bonds is 6. The molecule has 1 aliphatic rings. The Morgan fingerprint density at radius 1 is 1.37 bits per heavy atom. The molecule has 1 aromatic rings. The Morgan fingerprint density at radius 3 is 2.74 bits per heavy atom. The van der Waals surface area contributed by atoms with Gasteiger partial charge in [0.05, 0.1) is 6.61 Å². The van der Waals surface area contributed by atoms with E-state index in [-0.39, 0.29) is 5.82 Å². The maximum atomic E-state index is 12.5. The molecule has 1 N–H and O–H groups in total. The molecule has 0 bridgehead atoms. The Morgan fingerprint density at radius 2 is 2.11 bits per heavy atom. The van der Waals surface area contributed by atoms with Gasteiger partial charge in [0.25, 0.3) is 0 Å². The second kappa shape index (κ2) is 5.92. The first kappa shape index (κ1) is 14.3. The van der Waals surface area contributed by atoms with Crippen molar-refractivity contribution in [1.82, 2.24) is 9.97 Å². The van der Waals surface area contributed by atoms with E-state index in [2.05, 4.69) is 15.3 Å². The zero-order valence-corrected chi connectivity index (χ0v) is 10.8. The fraction of sp³-hybridized carbons (Fsp3) is 0.636. The summed E-state index contributed by atoms with van der Waals surface area (Å²) in [6, 6.07) is 0.826. The van der Waals surface area contributed by atoms with Crippen LogP contribution in [0, 0.1) is 5.92 Å². The molecule has 0 radical (unpaired) electrons. The first-order chi connectivity index (χ1) is 8.95. The second-order valence-corrected chi connectivity index (χ2v) is 4.69. The topological polar surface area (TPSA) is 47.0 Å². The van der Waals surface area contributed by atoms with E-state index < -0.39 is 17.2 Å². The third kappa shape index (κ3) is 4.83. The summed E-state index contributed by atoms with van der Waals surface area (Å²) in [5.41, 5.74) is -1.06. The highest BCUT2D eigenvalue weighted by atomic mass is 35.5. The SMILES string of the molecule is FC(F)(F)c1cc(NCCOCC2CC2)nc(Cl)n1. The lowest BCUT2D eigenvalue weighted by atomic mass is 10.4. The lowest BCUT2D eigenvalue weighted by Gasteiger charge is -2.10. The molecule has 1 saturated carbocycles. The fourth-order valence-corrected chi connectivity index (χ4v) is 1.62. The lowest BCUT2D eigenvalue weighted by molar-refractivity contribution is -0.141. The van der Waals surface area contributed by atoms with Crippen LogP contribution >= 0.6 is 11.6 Å². The van der Waals surface area contributed by atoms with Gasteiger partial charge in [-0.25, -0.2) is 9.97 Å². The standard InChI is InChI=1S/C11H13ClF3N3O/c12-10-17-8(11(13,14)15)5-9(18-10)16-3-4-19-6-7-1-2-7/h5,7H,1-4,6H2,(H,16,17,18). The minimum atomic E-state index is -4.54. The molecule has 0 aromatic carbocycles. The molecule has 0 saturated heterocycles. The van der Waals surface area contributed by atoms with Gasteiger partial charge >= 0.3 is 6.18 Å². The maximum Gasteiger partial charge on any atom is 0.433 e. The van der Waals surface area contributed by atoms with E-state index in [9.17, 15) is 13.2 Å². The Hall–Kier alpha value is -1.08. The van der Waals surface area contributed by atoms with Gasteiger partial charge in [-0.3, -0.25) is 0 Å². The van der Waals surface area contributed by atoms with Crippen LogP contribution in [-0.4, -0.2) is 29.7 Å². The van der Waals surface area contributed by atoms with Crippen molar-refractivity contribution in [2.75, 3.05) is 25.1 Å². The molecule has 4 nitrogen and oxygen atoms in total. The summed E-state index contributed by atoms with van der Waals surface area (Å²) in [5.74, 6) is 0.702. The van der Waals surface area contributed by atoms with Crippen LogP contribution in [0.4, 0.5) is 19.0 Å². The second-order valence-electron chi connectivity index (χ2n) is 4.35. The Labute approximate surface area is 113 Å². The third-order valence-electron chi connectivity index (χ3n) is 2.59. The molecule has 1 heterocycles. The molecule has 0 spiro atoms. The molecule has 0 unspecified atom stereocenters. The summed E-state index contributed by atoms with van der Waals surface area (Å²) in [6.45, 7) is 1.50. The number of halogens is 4. The van der Waals surface area contributed by atoms with Crippen LogP contribution in [-0.2, 0) is 10.9 Å². The molecular formula is C11H13ClF3N3O. The quantitative estimate of drug-likeness (QED) is 0.647. The summed E-state index contributed by atoms with van der Waals surface area (Å²) < 4.78 is 42.8. The van der Waals surface area contributed by atoms with Crippen LogP contribution in [0.15, 0.2) is 6.07 Å². The highest BCUT2D eigenvalue weighted by Crippen LogP contribution is 2.30. The number of hydrogen-bond donors (Lipinski definition) is 1. The average molecular weight is 296 g/mol. The first-order valence-corrected chi connectivity index (χ1v) is 6.26. The van der Waals surface area contributed by atoms with Gasteiger partial charge in [0.15, 0.2) is 5.69 Å². The molecule has 1 aliphatic carbocycles. The summed E-state index contributed by atoms with van der Waals surface area (Å²) in [4.78, 5) is 6.82. The molecule has 8 heteroatoms. The molecule has 0 atom stereocenters. The van der Waals surface area contributed by atoms with Gasteiger partial charge < -0.3 is 10.1 Å². The Bertz CT molecular complexity index is 438. The van der Waals surface area contributed by atoms with E-state index in [1.165, 1.54) is 12.8 Å². The monoisotopic (exact) mass is 295 g/mol. The van der Waals surface area contributed by atoms with Crippen molar-refractivity contribution in [2.24, 2.45) is 5.92 Å². The normalized spacial score (nSPS) is 15.6. The fourth-order valence-electron chi connectivity index (χ4n) is 1.44. The predicted molar refractivity (Wildman–Crippen MR) is 64.1 cm³/mol. The number of anilines is 1. The molecule has 0 aliphatic heterocycles. The van der Waals surface area contributed by atoms with E-state index in [0.717, 1.165) is 6.07 Å². The van der Waals surface area contributed by atoms with Gasteiger partial charge in [-0.05, 0) is 30.4 Å². The number of nitrogens with zero attached hydrogens (tertiary/aromatic N) is 2. The van der Waals surface area contributed by atoms with Crippen molar-refractivity contribution in [3.8, 4) is 0 Å². The van der Waals surface area contributed by atoms with Gasteiger partial charge in [0.1, 0.15) is 5.82 Å². The van der Waals surface area contributed by atoms with Crippen molar-refractivity contribution >= 4 is 17.4 Å². The number of ether oxygens (including phenoxy) is 1. The van der Waals surface area contributed by atoms with Crippen molar-refractivity contribution in [1.29, 1.82) is 0 Å². The van der Waals surface area contributed by atoms with Crippen molar-refractivity contribution in [3.63, 3.8) is 0 Å². The molecule has 0 amide bonds. The highest BCUT2D eigenvalue weighted by molar-refractivity contribution is 6.28. The van der Waals surface area contributed by atoms with Crippen molar-refractivity contribution < 1.29 is 17.9 Å². The zero-order chi connectivity index (χ0) is 13.9. The van der Waals surface area contributed by atoms with Crippen LogP contribution in [0.2, 0.25) is 5.28 Å². The number of alkyl halides is 3. The van der Waals surface area contributed by atoms with Crippen molar-refractivity contribution in [3.05, 3.63) is 17.0 Å². The summed E-state index contributed by atoms with van der Waals surface area (Å²) in [7, 11) is 0. The minimum absolute atomic E-state index is 0.0438. The smallest absolute Gasteiger partial charge is 0.379 e. The number of hydrogen-bond acceptors (Lipinski definition) is 4. The third-order valence-corrected chi connectivity index (χ3v) is 2.76. The molecule has 1 fully saturated rings. The van der Waals surface area contributed by atoms with Gasteiger partial charge in [-0.1, -0.05) is 0 Å². The van der Waals surface area contributed by atoms with Crippen LogP contribution in [0.3, 0.4) is 0 Å². The van der Waals surface area contributed by atoms with E-state index in [1.807, 2.05) is 0 Å². The molecule has 106 valence electrons. The largest absolute Gasteiger partial charge is 0.433 e. The minimum Gasteiger partial charge on any atom is -0.379 e. The van der Waals surface area contributed by atoms with Gasteiger partial charge in [0, 0.05) is 19.2 Å². The van der Waals surface area contributed by atoms with Crippen LogP contribution < -0.4 is 5.32 Å². The predicted octanol–water partition coefficient (Wildman–Crippen LogP) is 2.99. The average Bonchev–Trinajstić information content (AvgIpc) is 3.10. The lowest BCUT2D eigenvalue weighted by Crippen LogP contribution is -2.14. The van der Waals surface area contributed by atoms with Gasteiger partial charge in [-0.15, -0.1) is 0 Å². The first-order valence-electron chi connectivity index (χ1n) is 5.88. The number of aromatic nitrogens is 2. The summed E-state index contributed by atoms with van der Waals surface area (Å²) in [5, 5.41) is 2.30. The Kier molecular flexibility index (Phi) is 4.46. The molecule has 19 heavy (non-hydrogen) atoms. The maximum absolute atomic E-state index is 12.5. The summed E-state index contributed by atoms with van der Waals surface area (Å²) >= 11 is 5.45. The molecular weight excluding hydrogens is 283 g/mol. The zero-order valence-electron chi connectivity index (χ0n) is 10.0. The summed E-state index contributed by atoms with van der Waals surface area (Å²) in [6.07, 6.45) is -2.14. The van der Waals surface area contributed by atoms with E-state index in [1.54, 1.807) is 0 Å². The van der Waals surface area contributed by atoms with E-state index in [0.29, 0.717) is 25.7 Å². The molecule has 1 aromatic heterocycles. The van der Waals surface area contributed by atoms with Crippen LogP contribution in [0.25, 0.3) is 0 Å². The van der Waals surface area contributed by atoms with Gasteiger partial charge in [-0.2, -0.15) is 13.2 Å². The Balaban J connectivity index is 1.83. The van der Waals surface area contributed by atoms with Crippen LogP contribution in [0.1, 0.15) is 18.5 Å². The van der Waals surface area contributed by atoms with E-state index in [4.69, 9.17) is 16.3 Å². The van der Waals surface area contributed by atoms with Gasteiger partial charge in [0.2, 0.25) is 5.28 Å². The molecule has 2 rings (SSSR count). The highest BCUT2D eigenvalue weighted by Gasteiger charge is 2.33. The number of nitrogens with one attached hydrogen (secondary N) is 1.